The van der Waals surface area contributed by atoms with Gasteiger partial charge in [0.15, 0.2) is 6.29 Å². The minimum atomic E-state index is -0.559. The van der Waals surface area contributed by atoms with Crippen LogP contribution in [-0.2, 0) is 4.74 Å². The molecule has 0 amide bonds. The largest absolute Gasteiger partial charge is 0.472 e. The minimum Gasteiger partial charge on any atom is -0.472 e. The molecular formula is C10H16O2. The van der Waals surface area contributed by atoms with Crippen LogP contribution in [0.25, 0.3) is 0 Å². The van der Waals surface area contributed by atoms with Crippen LogP contribution in [0.5, 0.6) is 0 Å². The van der Waals surface area contributed by atoms with Crippen molar-refractivity contribution in [1.29, 1.82) is 0 Å². The molecular weight excluding hydrogens is 152 g/mol. The lowest BCUT2D eigenvalue weighted by atomic mass is 9.84. The average Bonchev–Trinajstić information content (AvgIpc) is 2.42. The van der Waals surface area contributed by atoms with Gasteiger partial charge in [0.2, 0.25) is 0 Å². The van der Waals surface area contributed by atoms with Crippen LogP contribution in [0, 0.1) is 17.8 Å². The molecule has 0 bridgehead atoms. The number of aliphatic hydroxyl groups excluding tert-OH is 1. The van der Waals surface area contributed by atoms with E-state index in [1.54, 1.807) is 6.26 Å². The van der Waals surface area contributed by atoms with E-state index >= 15 is 0 Å². The van der Waals surface area contributed by atoms with Gasteiger partial charge in [0.25, 0.3) is 0 Å². The molecule has 1 N–H and O–H groups in total. The second-order valence-electron chi connectivity index (χ2n) is 4.13. The van der Waals surface area contributed by atoms with Gasteiger partial charge in [-0.15, -0.1) is 0 Å². The Hall–Kier alpha value is -0.500. The normalized spacial score (nSPS) is 46.4. The zero-order valence-corrected chi connectivity index (χ0v) is 7.66. The topological polar surface area (TPSA) is 29.5 Å². The Morgan fingerprint density at radius 2 is 2.25 bits per heavy atom. The molecule has 1 saturated carbocycles. The summed E-state index contributed by atoms with van der Waals surface area (Å²) in [6.07, 6.45) is 3.61. The van der Waals surface area contributed by atoms with E-state index < -0.39 is 6.29 Å². The van der Waals surface area contributed by atoms with Crippen molar-refractivity contribution in [1.82, 2.24) is 0 Å². The molecule has 2 rings (SSSR count). The van der Waals surface area contributed by atoms with Crippen molar-refractivity contribution in [3.05, 3.63) is 11.8 Å². The van der Waals surface area contributed by atoms with Crippen LogP contribution in [0.15, 0.2) is 11.8 Å². The van der Waals surface area contributed by atoms with Crippen LogP contribution >= 0.6 is 0 Å². The van der Waals surface area contributed by atoms with E-state index in [1.165, 1.54) is 18.4 Å². The van der Waals surface area contributed by atoms with Crippen molar-refractivity contribution in [2.24, 2.45) is 17.8 Å². The fourth-order valence-corrected chi connectivity index (χ4v) is 2.59. The highest BCUT2D eigenvalue weighted by molar-refractivity contribution is 5.09. The molecule has 1 aliphatic heterocycles. The summed E-state index contributed by atoms with van der Waals surface area (Å²) in [6, 6.07) is 0. The van der Waals surface area contributed by atoms with Gasteiger partial charge in [0.05, 0.1) is 6.26 Å². The zero-order chi connectivity index (χ0) is 8.72. The van der Waals surface area contributed by atoms with Gasteiger partial charge >= 0.3 is 0 Å². The first-order valence-corrected chi connectivity index (χ1v) is 4.70. The molecule has 2 heteroatoms. The SMILES string of the molecule is CC1=CO[C@H](O)[C@@H]2[C@@H](C)CC[C@@H]12. The fraction of sp³-hybridized carbons (Fsp3) is 0.800. The Morgan fingerprint density at radius 3 is 2.92 bits per heavy atom. The second kappa shape index (κ2) is 2.77. The molecule has 1 heterocycles. The number of hydrogen-bond donors (Lipinski definition) is 1. The Kier molecular flexibility index (Phi) is 1.87. The molecule has 1 fully saturated rings. The molecule has 2 aliphatic rings. The maximum Gasteiger partial charge on any atom is 0.200 e. The molecule has 2 nitrogen and oxygen atoms in total. The van der Waals surface area contributed by atoms with Gasteiger partial charge in [0, 0.05) is 5.92 Å². The average molecular weight is 168 g/mol. The Morgan fingerprint density at radius 1 is 1.50 bits per heavy atom. The fourth-order valence-electron chi connectivity index (χ4n) is 2.59. The van der Waals surface area contributed by atoms with Gasteiger partial charge in [-0.05, 0) is 37.2 Å². The van der Waals surface area contributed by atoms with E-state index in [0.29, 0.717) is 17.8 Å². The molecule has 0 spiro atoms. The highest BCUT2D eigenvalue weighted by atomic mass is 16.6. The molecule has 12 heavy (non-hydrogen) atoms. The van der Waals surface area contributed by atoms with E-state index in [1.807, 2.05) is 0 Å². The number of fused-ring (bicyclic) bond motifs is 1. The van der Waals surface area contributed by atoms with Gasteiger partial charge in [-0.25, -0.2) is 0 Å². The summed E-state index contributed by atoms with van der Waals surface area (Å²) in [5.41, 5.74) is 1.30. The number of hydrogen-bond acceptors (Lipinski definition) is 2. The van der Waals surface area contributed by atoms with Crippen LogP contribution in [-0.4, -0.2) is 11.4 Å². The summed E-state index contributed by atoms with van der Waals surface area (Å²) in [6.45, 7) is 4.30. The number of allylic oxidation sites excluding steroid dienone is 1. The smallest absolute Gasteiger partial charge is 0.200 e. The third-order valence-electron chi connectivity index (χ3n) is 3.36. The quantitative estimate of drug-likeness (QED) is 0.598. The monoisotopic (exact) mass is 168 g/mol. The van der Waals surface area contributed by atoms with Crippen LogP contribution in [0.4, 0.5) is 0 Å². The van der Waals surface area contributed by atoms with Gasteiger partial charge in [-0.1, -0.05) is 6.92 Å². The molecule has 4 atom stereocenters. The molecule has 0 aromatic carbocycles. The van der Waals surface area contributed by atoms with E-state index in [-0.39, 0.29) is 0 Å². The molecule has 0 aromatic heterocycles. The first-order chi connectivity index (χ1) is 5.70. The summed E-state index contributed by atoms with van der Waals surface area (Å²) in [5, 5.41) is 9.60. The Labute approximate surface area is 73.2 Å². The third-order valence-corrected chi connectivity index (χ3v) is 3.36. The molecule has 1 aliphatic carbocycles. The maximum absolute atomic E-state index is 9.60. The lowest BCUT2D eigenvalue weighted by molar-refractivity contribution is -0.121. The van der Waals surface area contributed by atoms with Crippen molar-refractivity contribution >= 4 is 0 Å². The second-order valence-corrected chi connectivity index (χ2v) is 4.13. The third kappa shape index (κ3) is 1.06. The maximum atomic E-state index is 9.60. The van der Waals surface area contributed by atoms with Crippen LogP contribution in [0.2, 0.25) is 0 Å². The van der Waals surface area contributed by atoms with E-state index in [0.717, 1.165) is 0 Å². The Balaban J connectivity index is 2.23. The molecule has 0 saturated heterocycles. The predicted molar refractivity (Wildman–Crippen MR) is 46.2 cm³/mol. The molecule has 0 aromatic rings. The lowest BCUT2D eigenvalue weighted by Gasteiger charge is -2.31. The standard InChI is InChI=1S/C10H16O2/c1-6-3-4-8-7(2)5-12-10(11)9(6)8/h5-6,8-11H,3-4H2,1-2H3/t6-,8-,9+,10-/m0/s1. The zero-order valence-electron chi connectivity index (χ0n) is 7.66. The number of ether oxygens (including phenoxy) is 1. The van der Waals surface area contributed by atoms with Crippen molar-refractivity contribution in [3.63, 3.8) is 0 Å². The van der Waals surface area contributed by atoms with Crippen molar-refractivity contribution in [3.8, 4) is 0 Å². The van der Waals surface area contributed by atoms with Crippen LogP contribution in [0.1, 0.15) is 26.7 Å². The summed E-state index contributed by atoms with van der Waals surface area (Å²) in [5.74, 6) is 1.52. The van der Waals surface area contributed by atoms with Crippen LogP contribution in [0.3, 0.4) is 0 Å². The summed E-state index contributed by atoms with van der Waals surface area (Å²) in [4.78, 5) is 0. The van der Waals surface area contributed by atoms with E-state index in [4.69, 9.17) is 4.74 Å². The number of rotatable bonds is 0. The predicted octanol–water partition coefficient (Wildman–Crippen LogP) is 1.90. The van der Waals surface area contributed by atoms with E-state index in [9.17, 15) is 5.11 Å². The summed E-state index contributed by atoms with van der Waals surface area (Å²) in [7, 11) is 0. The summed E-state index contributed by atoms with van der Waals surface area (Å²) >= 11 is 0. The van der Waals surface area contributed by atoms with Gasteiger partial charge in [-0.2, -0.15) is 0 Å². The lowest BCUT2D eigenvalue weighted by Crippen LogP contribution is -2.32. The van der Waals surface area contributed by atoms with Gasteiger partial charge in [-0.3, -0.25) is 0 Å². The minimum absolute atomic E-state index is 0.343. The molecule has 0 unspecified atom stereocenters. The number of aliphatic hydroxyl groups is 1. The highest BCUT2D eigenvalue weighted by Crippen LogP contribution is 2.45. The summed E-state index contributed by atoms with van der Waals surface area (Å²) < 4.78 is 5.17. The van der Waals surface area contributed by atoms with Gasteiger partial charge in [0.1, 0.15) is 0 Å². The first kappa shape index (κ1) is 8.11. The van der Waals surface area contributed by atoms with Crippen molar-refractivity contribution < 1.29 is 9.84 Å². The van der Waals surface area contributed by atoms with Crippen LogP contribution < -0.4 is 0 Å². The first-order valence-electron chi connectivity index (χ1n) is 4.70. The van der Waals surface area contributed by atoms with Crippen molar-refractivity contribution in [2.45, 2.75) is 33.0 Å². The highest BCUT2D eigenvalue weighted by Gasteiger charge is 2.42. The molecule has 68 valence electrons. The van der Waals surface area contributed by atoms with Crippen molar-refractivity contribution in [2.75, 3.05) is 0 Å². The molecule has 0 radical (unpaired) electrons. The van der Waals surface area contributed by atoms with E-state index in [2.05, 4.69) is 13.8 Å². The Bertz CT molecular complexity index is 210. The van der Waals surface area contributed by atoms with Gasteiger partial charge < -0.3 is 9.84 Å².